The third-order valence-corrected chi connectivity index (χ3v) is 6.51. The Morgan fingerprint density at radius 1 is 1.26 bits per heavy atom. The zero-order chi connectivity index (χ0) is 19.2. The number of guanidine groups is 1. The molecule has 2 rings (SSSR count). The van der Waals surface area contributed by atoms with Gasteiger partial charge in [-0.25, -0.2) is 12.8 Å². The van der Waals surface area contributed by atoms with E-state index in [0.717, 1.165) is 12.5 Å². The molecule has 1 unspecified atom stereocenters. The zero-order valence-electron chi connectivity index (χ0n) is 15.5. The summed E-state index contributed by atoms with van der Waals surface area (Å²) < 4.78 is 38.2. The number of halogens is 2. The lowest BCUT2D eigenvalue weighted by Crippen LogP contribution is -2.44. The predicted molar refractivity (Wildman–Crippen MR) is 121 cm³/mol. The molecule has 0 bridgehead atoms. The van der Waals surface area contributed by atoms with Crippen molar-refractivity contribution in [1.82, 2.24) is 10.6 Å². The van der Waals surface area contributed by atoms with Gasteiger partial charge in [0, 0.05) is 35.8 Å². The number of sulfone groups is 1. The second-order valence-corrected chi connectivity index (χ2v) is 9.46. The number of thiophene rings is 1. The summed E-state index contributed by atoms with van der Waals surface area (Å²) in [5.74, 6) is -0.419. The molecule has 150 valence electrons. The molecular formula is C18H25FIN3O2S2. The number of rotatable bonds is 7. The van der Waals surface area contributed by atoms with Crippen LogP contribution in [0.2, 0.25) is 0 Å². The van der Waals surface area contributed by atoms with Crippen molar-refractivity contribution in [1.29, 1.82) is 0 Å². The third-order valence-electron chi connectivity index (χ3n) is 3.75. The van der Waals surface area contributed by atoms with Crippen molar-refractivity contribution in [2.24, 2.45) is 4.99 Å². The van der Waals surface area contributed by atoms with Gasteiger partial charge in [0.25, 0.3) is 0 Å². The molecule has 0 amide bonds. The highest BCUT2D eigenvalue weighted by atomic mass is 127. The minimum Gasteiger partial charge on any atom is -0.355 e. The Morgan fingerprint density at radius 3 is 2.56 bits per heavy atom. The topological polar surface area (TPSA) is 70.6 Å². The number of aliphatic imine (C=N–C) groups is 1. The zero-order valence-corrected chi connectivity index (χ0v) is 19.5. The van der Waals surface area contributed by atoms with Gasteiger partial charge in [0.2, 0.25) is 0 Å². The summed E-state index contributed by atoms with van der Waals surface area (Å²) >= 11 is 1.76. The molecule has 9 heteroatoms. The Labute approximate surface area is 181 Å². The summed E-state index contributed by atoms with van der Waals surface area (Å²) in [4.78, 5) is 6.39. The summed E-state index contributed by atoms with van der Waals surface area (Å²) in [6, 6.07) is 9.75. The van der Waals surface area contributed by atoms with Crippen molar-refractivity contribution >= 4 is 51.1 Å². The fraction of sp³-hybridized carbons (Fsp3) is 0.389. The molecular weight excluding hydrogens is 500 g/mol. The summed E-state index contributed by atoms with van der Waals surface area (Å²) in [5, 5.41) is 6.22. The van der Waals surface area contributed by atoms with Gasteiger partial charge in [-0.15, -0.1) is 35.3 Å². The molecule has 1 atom stereocenters. The van der Waals surface area contributed by atoms with Gasteiger partial charge in [-0.3, -0.25) is 4.99 Å². The second-order valence-electron chi connectivity index (χ2n) is 6.01. The van der Waals surface area contributed by atoms with Gasteiger partial charge in [-0.1, -0.05) is 12.1 Å². The number of benzene rings is 1. The van der Waals surface area contributed by atoms with Crippen molar-refractivity contribution in [3.05, 3.63) is 52.0 Å². The molecule has 0 radical (unpaired) electrons. The fourth-order valence-electron chi connectivity index (χ4n) is 2.49. The standard InChI is InChI=1S/C18H24FN3O2S2.HI/c1-13(12-15-9-8-14(2)25-15)22-18(20-3)21-10-11-26(23,24)17-7-5-4-6-16(17)19;/h4-9,13H,10-12H2,1-3H3,(H2,20,21,22);1H. The van der Waals surface area contributed by atoms with Crippen molar-refractivity contribution < 1.29 is 12.8 Å². The summed E-state index contributed by atoms with van der Waals surface area (Å²) in [5.41, 5.74) is 0. The van der Waals surface area contributed by atoms with E-state index in [1.807, 2.05) is 6.92 Å². The molecule has 1 heterocycles. The summed E-state index contributed by atoms with van der Waals surface area (Å²) in [6.07, 6.45) is 0.854. The van der Waals surface area contributed by atoms with Gasteiger partial charge in [0.15, 0.2) is 15.8 Å². The average Bonchev–Trinajstić information content (AvgIpc) is 2.98. The highest BCUT2D eigenvalue weighted by molar-refractivity contribution is 14.0. The van der Waals surface area contributed by atoms with Gasteiger partial charge in [-0.05, 0) is 38.1 Å². The number of nitrogens with zero attached hydrogens (tertiary/aromatic N) is 1. The third kappa shape index (κ3) is 7.38. The van der Waals surface area contributed by atoms with E-state index >= 15 is 0 Å². The molecule has 0 spiro atoms. The molecule has 0 aliphatic carbocycles. The summed E-state index contributed by atoms with van der Waals surface area (Å²) in [6.45, 7) is 4.25. The molecule has 0 aliphatic heterocycles. The van der Waals surface area contributed by atoms with Crippen LogP contribution in [0.15, 0.2) is 46.3 Å². The van der Waals surface area contributed by atoms with Gasteiger partial charge >= 0.3 is 0 Å². The molecule has 5 nitrogen and oxygen atoms in total. The maximum absolute atomic E-state index is 13.7. The van der Waals surface area contributed by atoms with E-state index in [0.29, 0.717) is 5.96 Å². The van der Waals surface area contributed by atoms with Crippen molar-refractivity contribution in [2.75, 3.05) is 19.3 Å². The van der Waals surface area contributed by atoms with E-state index in [9.17, 15) is 12.8 Å². The smallest absolute Gasteiger partial charge is 0.191 e. The largest absolute Gasteiger partial charge is 0.355 e. The first kappa shape index (κ1) is 23.8. The van der Waals surface area contributed by atoms with Crippen molar-refractivity contribution in [3.8, 4) is 0 Å². The van der Waals surface area contributed by atoms with Crippen LogP contribution in [0.5, 0.6) is 0 Å². The lowest BCUT2D eigenvalue weighted by atomic mass is 10.2. The van der Waals surface area contributed by atoms with Gasteiger partial charge in [0.05, 0.1) is 5.75 Å². The van der Waals surface area contributed by atoms with Crippen molar-refractivity contribution in [2.45, 2.75) is 31.2 Å². The minimum absolute atomic E-state index is 0. The van der Waals surface area contributed by atoms with Crippen LogP contribution in [0.4, 0.5) is 4.39 Å². The Hall–Kier alpha value is -1.20. The predicted octanol–water partition coefficient (Wildman–Crippen LogP) is 3.38. The monoisotopic (exact) mass is 525 g/mol. The number of hydrogen-bond acceptors (Lipinski definition) is 4. The molecule has 2 aromatic rings. The first-order chi connectivity index (χ1) is 12.3. The highest BCUT2D eigenvalue weighted by Gasteiger charge is 2.18. The quantitative estimate of drug-likeness (QED) is 0.331. The first-order valence-electron chi connectivity index (χ1n) is 8.31. The SMILES string of the molecule is CN=C(NCCS(=O)(=O)c1ccccc1F)NC(C)Cc1ccc(C)s1.I. The minimum atomic E-state index is -3.69. The number of aryl methyl sites for hydroxylation is 1. The average molecular weight is 525 g/mol. The van der Waals surface area contributed by atoms with Crippen LogP contribution in [0.3, 0.4) is 0 Å². The Balaban J connectivity index is 0.00000364. The van der Waals surface area contributed by atoms with Crippen LogP contribution >= 0.6 is 35.3 Å². The van der Waals surface area contributed by atoms with E-state index in [1.54, 1.807) is 18.4 Å². The van der Waals surface area contributed by atoms with E-state index in [-0.39, 0.29) is 47.2 Å². The van der Waals surface area contributed by atoms with Crippen LogP contribution in [0.25, 0.3) is 0 Å². The maximum Gasteiger partial charge on any atom is 0.191 e. The number of hydrogen-bond donors (Lipinski definition) is 2. The Morgan fingerprint density at radius 2 is 1.96 bits per heavy atom. The Kier molecular flexibility index (Phi) is 9.68. The molecule has 1 aromatic carbocycles. The van der Waals surface area contributed by atoms with E-state index in [2.05, 4.69) is 34.7 Å². The van der Waals surface area contributed by atoms with Crippen LogP contribution in [0.1, 0.15) is 16.7 Å². The lowest BCUT2D eigenvalue weighted by molar-refractivity contribution is 0.566. The van der Waals surface area contributed by atoms with Crippen LogP contribution in [0, 0.1) is 12.7 Å². The maximum atomic E-state index is 13.7. The van der Waals surface area contributed by atoms with Gasteiger partial charge < -0.3 is 10.6 Å². The van der Waals surface area contributed by atoms with E-state index < -0.39 is 15.7 Å². The van der Waals surface area contributed by atoms with Crippen molar-refractivity contribution in [3.63, 3.8) is 0 Å². The van der Waals surface area contributed by atoms with Crippen LogP contribution < -0.4 is 10.6 Å². The molecule has 0 fully saturated rings. The first-order valence-corrected chi connectivity index (χ1v) is 10.8. The lowest BCUT2D eigenvalue weighted by Gasteiger charge is -2.17. The fourth-order valence-corrected chi connectivity index (χ4v) is 4.75. The van der Waals surface area contributed by atoms with E-state index in [4.69, 9.17) is 0 Å². The molecule has 2 N–H and O–H groups in total. The molecule has 0 aliphatic rings. The highest BCUT2D eigenvalue weighted by Crippen LogP contribution is 2.17. The molecule has 0 saturated heterocycles. The van der Waals surface area contributed by atoms with E-state index in [1.165, 1.54) is 28.0 Å². The molecule has 27 heavy (non-hydrogen) atoms. The Bertz CT molecular complexity index is 869. The van der Waals surface area contributed by atoms with Gasteiger partial charge in [0.1, 0.15) is 10.7 Å². The summed E-state index contributed by atoms with van der Waals surface area (Å²) in [7, 11) is -2.06. The molecule has 0 saturated carbocycles. The normalized spacial score (nSPS) is 13.0. The van der Waals surface area contributed by atoms with Crippen LogP contribution in [-0.2, 0) is 16.3 Å². The number of nitrogens with one attached hydrogen (secondary N) is 2. The van der Waals surface area contributed by atoms with Crippen LogP contribution in [-0.4, -0.2) is 39.8 Å². The molecule has 1 aromatic heterocycles. The second kappa shape index (κ2) is 11.0. The van der Waals surface area contributed by atoms with Gasteiger partial charge in [-0.2, -0.15) is 0 Å².